The van der Waals surface area contributed by atoms with E-state index in [9.17, 15) is 39.0 Å². The summed E-state index contributed by atoms with van der Waals surface area (Å²) in [5.41, 5.74) is 11.1. The smallest absolute Gasteiger partial charge is 0.318 e. The van der Waals surface area contributed by atoms with E-state index in [0.717, 1.165) is 11.8 Å². The van der Waals surface area contributed by atoms with Crippen molar-refractivity contribution >= 4 is 59.0 Å². The molecule has 0 aromatic heterocycles. The van der Waals surface area contributed by atoms with E-state index in [4.69, 9.17) is 11.5 Å². The predicted octanol–water partition coefficient (Wildman–Crippen LogP) is -3.91. The molecule has 1 fully saturated rings. The van der Waals surface area contributed by atoms with Gasteiger partial charge < -0.3 is 42.9 Å². The standard InChI is InChI=1S/C19H32N6O8S2/c1-8-15(28)24-11(5-13(21)27)17(30)23-10(3-4-34-2)14(19(32)33)35-7-9(20)16(29)25-12(6-26)18(31)22-8/h8-12,14,26H,3-7,20H2,1-2H3,(H2,21,27)(H,22,31)(H,23,30)(H,24,28)(H,25,29)(H,32,33)/t8-,9-,10+,11?,12?,14?/m0/s1. The molecule has 198 valence electrons. The minimum absolute atomic E-state index is 0.175. The third-order valence-corrected chi connectivity index (χ3v) is 7.05. The largest absolute Gasteiger partial charge is 0.480 e. The molecule has 0 radical (unpaired) electrons. The zero-order valence-corrected chi connectivity index (χ0v) is 20.9. The molecule has 16 heteroatoms. The Kier molecular flexibility index (Phi) is 12.8. The van der Waals surface area contributed by atoms with Crippen molar-refractivity contribution in [3.63, 3.8) is 0 Å². The van der Waals surface area contributed by atoms with Crippen LogP contribution in [-0.2, 0) is 28.8 Å². The highest BCUT2D eigenvalue weighted by Crippen LogP contribution is 2.20. The Morgan fingerprint density at radius 1 is 1.03 bits per heavy atom. The molecule has 3 unspecified atom stereocenters. The van der Waals surface area contributed by atoms with Gasteiger partial charge in [0.2, 0.25) is 29.5 Å². The quantitative estimate of drug-likeness (QED) is 0.156. The molecule has 1 saturated heterocycles. The second-order valence-corrected chi connectivity index (χ2v) is 9.96. The summed E-state index contributed by atoms with van der Waals surface area (Å²) in [6.07, 6.45) is 1.46. The molecule has 0 aromatic rings. The Morgan fingerprint density at radius 2 is 1.63 bits per heavy atom. The number of rotatable bonds is 7. The van der Waals surface area contributed by atoms with Gasteiger partial charge in [0.1, 0.15) is 23.4 Å². The summed E-state index contributed by atoms with van der Waals surface area (Å²) in [6.45, 7) is 0.489. The van der Waals surface area contributed by atoms with Crippen molar-refractivity contribution < 1.29 is 39.0 Å². The van der Waals surface area contributed by atoms with Gasteiger partial charge in [-0.05, 0) is 25.4 Å². The molecule has 0 aromatic carbocycles. The van der Waals surface area contributed by atoms with Crippen LogP contribution in [0, 0.1) is 0 Å². The second-order valence-electron chi connectivity index (χ2n) is 7.80. The monoisotopic (exact) mass is 536 g/mol. The van der Waals surface area contributed by atoms with Gasteiger partial charge in [-0.2, -0.15) is 11.8 Å². The molecule has 0 bridgehead atoms. The third kappa shape index (κ3) is 9.91. The highest BCUT2D eigenvalue weighted by molar-refractivity contribution is 8.00. The molecule has 0 saturated carbocycles. The maximum absolute atomic E-state index is 13.0. The molecule has 14 nitrogen and oxygen atoms in total. The van der Waals surface area contributed by atoms with Crippen LogP contribution in [0.1, 0.15) is 19.8 Å². The number of carboxylic acids is 1. The van der Waals surface area contributed by atoms with E-state index in [1.54, 1.807) is 6.26 Å². The van der Waals surface area contributed by atoms with Crippen LogP contribution in [0.3, 0.4) is 0 Å². The Bertz CT molecular complexity index is 816. The van der Waals surface area contributed by atoms with Crippen molar-refractivity contribution in [1.82, 2.24) is 21.3 Å². The number of primary amides is 1. The molecule has 10 N–H and O–H groups in total. The number of aliphatic hydroxyl groups is 1. The van der Waals surface area contributed by atoms with Crippen LogP contribution >= 0.6 is 23.5 Å². The fraction of sp³-hybridized carbons (Fsp3) is 0.684. The van der Waals surface area contributed by atoms with Crippen molar-refractivity contribution in [2.24, 2.45) is 11.5 Å². The van der Waals surface area contributed by atoms with Crippen molar-refractivity contribution in [2.45, 2.75) is 55.2 Å². The van der Waals surface area contributed by atoms with Crippen molar-refractivity contribution in [2.75, 3.05) is 24.4 Å². The van der Waals surface area contributed by atoms with Gasteiger partial charge in [0, 0.05) is 5.75 Å². The first-order chi connectivity index (χ1) is 16.4. The van der Waals surface area contributed by atoms with Crippen LogP contribution in [0.2, 0.25) is 0 Å². The number of hydrogen-bond donors (Lipinski definition) is 8. The molecular formula is C19H32N6O8S2. The van der Waals surface area contributed by atoms with Gasteiger partial charge in [0.05, 0.1) is 25.1 Å². The first kappa shape index (κ1) is 30.5. The highest BCUT2D eigenvalue weighted by atomic mass is 32.2. The summed E-state index contributed by atoms with van der Waals surface area (Å²) in [4.78, 5) is 73.9. The van der Waals surface area contributed by atoms with Gasteiger partial charge in [0.15, 0.2) is 0 Å². The topological polar surface area (TPSA) is 243 Å². The summed E-state index contributed by atoms with van der Waals surface area (Å²) in [5.74, 6) is -5.25. The minimum atomic E-state index is -1.43. The number of amides is 5. The Hall–Kier alpha value is -2.56. The Labute approximate surface area is 210 Å². The number of thioether (sulfide) groups is 2. The van der Waals surface area contributed by atoms with Gasteiger partial charge >= 0.3 is 5.97 Å². The molecule has 6 atom stereocenters. The number of carboxylic acid groups (broad SMARTS) is 1. The van der Waals surface area contributed by atoms with E-state index >= 15 is 0 Å². The van der Waals surface area contributed by atoms with Crippen LogP contribution in [0.5, 0.6) is 0 Å². The lowest BCUT2D eigenvalue weighted by Crippen LogP contribution is -2.60. The summed E-state index contributed by atoms with van der Waals surface area (Å²) >= 11 is 2.23. The van der Waals surface area contributed by atoms with Crippen molar-refractivity contribution in [1.29, 1.82) is 0 Å². The molecule has 5 amide bonds. The van der Waals surface area contributed by atoms with E-state index < -0.39 is 84.0 Å². The first-order valence-corrected chi connectivity index (χ1v) is 13.0. The highest BCUT2D eigenvalue weighted by Gasteiger charge is 2.35. The lowest BCUT2D eigenvalue weighted by Gasteiger charge is -2.29. The average molecular weight is 537 g/mol. The van der Waals surface area contributed by atoms with E-state index in [-0.39, 0.29) is 12.2 Å². The van der Waals surface area contributed by atoms with Crippen molar-refractivity contribution in [3.8, 4) is 0 Å². The van der Waals surface area contributed by atoms with Crippen molar-refractivity contribution in [3.05, 3.63) is 0 Å². The van der Waals surface area contributed by atoms with Gasteiger partial charge in [-0.1, -0.05) is 0 Å². The average Bonchev–Trinajstić information content (AvgIpc) is 2.78. The molecule has 1 aliphatic rings. The summed E-state index contributed by atoms with van der Waals surface area (Å²) in [7, 11) is 0. The lowest BCUT2D eigenvalue weighted by molar-refractivity contribution is -0.138. The molecule has 0 aliphatic carbocycles. The van der Waals surface area contributed by atoms with Gasteiger partial charge in [-0.25, -0.2) is 0 Å². The number of hydrogen-bond acceptors (Lipinski definition) is 10. The summed E-state index contributed by atoms with van der Waals surface area (Å²) in [5, 5.41) is 27.5. The van der Waals surface area contributed by atoms with E-state index in [1.165, 1.54) is 18.7 Å². The number of carbonyl (C=O) groups excluding carboxylic acids is 5. The third-order valence-electron chi connectivity index (χ3n) is 4.97. The van der Waals surface area contributed by atoms with Crippen LogP contribution in [0.15, 0.2) is 0 Å². The zero-order valence-electron chi connectivity index (χ0n) is 19.3. The number of nitrogens with one attached hydrogen (secondary N) is 4. The second kappa shape index (κ2) is 14.8. The molecule has 1 rings (SSSR count). The van der Waals surface area contributed by atoms with Gasteiger partial charge in [-0.3, -0.25) is 28.8 Å². The van der Waals surface area contributed by atoms with Crippen LogP contribution < -0.4 is 32.7 Å². The predicted molar refractivity (Wildman–Crippen MR) is 129 cm³/mol. The number of aliphatic carboxylic acids is 1. The van der Waals surface area contributed by atoms with Gasteiger partial charge in [-0.15, -0.1) is 11.8 Å². The minimum Gasteiger partial charge on any atom is -0.480 e. The Morgan fingerprint density at radius 3 is 2.17 bits per heavy atom. The van der Waals surface area contributed by atoms with Crippen LogP contribution in [0.25, 0.3) is 0 Å². The molecule has 1 heterocycles. The maximum Gasteiger partial charge on any atom is 0.318 e. The SMILES string of the molecule is CSCC[C@H]1NC(=O)C(CC(N)=O)NC(=O)[C@H](C)NC(=O)C(CO)NC(=O)[C@@H](N)CSC1C(=O)O. The fourth-order valence-corrected chi connectivity index (χ4v) is 4.66. The van der Waals surface area contributed by atoms with E-state index in [1.807, 2.05) is 0 Å². The fourth-order valence-electron chi connectivity index (χ4n) is 3.03. The molecule has 1 aliphatic heterocycles. The molecule has 35 heavy (non-hydrogen) atoms. The zero-order chi connectivity index (χ0) is 26.7. The van der Waals surface area contributed by atoms with E-state index in [0.29, 0.717) is 5.75 Å². The summed E-state index contributed by atoms with van der Waals surface area (Å²) < 4.78 is 0. The number of nitrogens with two attached hydrogens (primary N) is 2. The van der Waals surface area contributed by atoms with Crippen LogP contribution in [0.4, 0.5) is 0 Å². The Balaban J connectivity index is 3.36. The van der Waals surface area contributed by atoms with E-state index in [2.05, 4.69) is 21.3 Å². The molecular weight excluding hydrogens is 504 g/mol. The maximum atomic E-state index is 13.0. The number of aliphatic hydroxyl groups excluding tert-OH is 1. The van der Waals surface area contributed by atoms with Gasteiger partial charge in [0.25, 0.3) is 0 Å². The number of carbonyl (C=O) groups is 6. The summed E-state index contributed by atoms with van der Waals surface area (Å²) in [6, 6.07) is -6.27. The normalized spacial score (nSPS) is 29.4. The first-order valence-electron chi connectivity index (χ1n) is 10.6. The molecule has 0 spiro atoms. The lowest BCUT2D eigenvalue weighted by atomic mass is 10.1. The van der Waals surface area contributed by atoms with Crippen LogP contribution in [-0.4, -0.2) is 106 Å².